The summed E-state index contributed by atoms with van der Waals surface area (Å²) in [6, 6.07) is 3.28. The maximum Gasteiger partial charge on any atom is 0.231 e. The second kappa shape index (κ2) is 6.19. The van der Waals surface area contributed by atoms with Crippen LogP contribution in [0.1, 0.15) is 13.8 Å². The van der Waals surface area contributed by atoms with Crippen LogP contribution >= 0.6 is 0 Å². The highest BCUT2D eigenvalue weighted by Gasteiger charge is 2.28. The maximum atomic E-state index is 12.1. The summed E-state index contributed by atoms with van der Waals surface area (Å²) in [7, 11) is -1.83. The second-order valence-electron chi connectivity index (χ2n) is 5.02. The fourth-order valence-corrected chi connectivity index (χ4v) is 1.89. The van der Waals surface area contributed by atoms with E-state index in [0.29, 0.717) is 11.6 Å². The van der Waals surface area contributed by atoms with E-state index in [1.54, 1.807) is 26.0 Å². The van der Waals surface area contributed by atoms with Gasteiger partial charge < -0.3 is 10.1 Å². The first-order chi connectivity index (χ1) is 9.14. The van der Waals surface area contributed by atoms with Crippen LogP contribution in [0.4, 0.5) is 5.69 Å². The summed E-state index contributed by atoms with van der Waals surface area (Å²) in [5, 5.41) is 2.68. The third-order valence-corrected chi connectivity index (χ3v) is 3.26. The van der Waals surface area contributed by atoms with E-state index in [4.69, 9.17) is 4.74 Å². The quantitative estimate of drug-likeness (QED) is 0.802. The van der Waals surface area contributed by atoms with Gasteiger partial charge in [-0.1, -0.05) is 0 Å². The number of rotatable bonds is 6. The number of hydrogen-bond acceptors (Lipinski definition) is 5. The van der Waals surface area contributed by atoms with Gasteiger partial charge in [0.2, 0.25) is 21.8 Å². The molecule has 0 aromatic carbocycles. The third kappa shape index (κ3) is 5.14. The number of anilines is 1. The van der Waals surface area contributed by atoms with Crippen molar-refractivity contribution in [3.8, 4) is 5.88 Å². The van der Waals surface area contributed by atoms with Gasteiger partial charge in [0.1, 0.15) is 0 Å². The Morgan fingerprint density at radius 1 is 1.40 bits per heavy atom. The SMILES string of the molecule is COc1ccc(NC(=O)C(C)(C)CNS(C)(=O)=O)cn1. The molecule has 2 N–H and O–H groups in total. The highest BCUT2D eigenvalue weighted by molar-refractivity contribution is 7.88. The molecule has 20 heavy (non-hydrogen) atoms. The lowest BCUT2D eigenvalue weighted by molar-refractivity contribution is -0.123. The Kier molecular flexibility index (Phi) is 5.07. The average molecular weight is 301 g/mol. The van der Waals surface area contributed by atoms with E-state index in [2.05, 4.69) is 15.0 Å². The fraction of sp³-hybridized carbons (Fsp3) is 0.500. The number of amides is 1. The molecule has 8 heteroatoms. The summed E-state index contributed by atoms with van der Waals surface area (Å²) in [5.41, 5.74) is -0.369. The zero-order chi connectivity index (χ0) is 15.4. The number of ether oxygens (including phenoxy) is 1. The van der Waals surface area contributed by atoms with Gasteiger partial charge in [0.25, 0.3) is 0 Å². The van der Waals surface area contributed by atoms with E-state index in [9.17, 15) is 13.2 Å². The zero-order valence-corrected chi connectivity index (χ0v) is 12.7. The van der Waals surface area contributed by atoms with Crippen molar-refractivity contribution in [2.75, 3.05) is 25.2 Å². The van der Waals surface area contributed by atoms with E-state index in [0.717, 1.165) is 6.26 Å². The molecule has 0 aliphatic rings. The van der Waals surface area contributed by atoms with Crippen LogP contribution in [0.3, 0.4) is 0 Å². The number of aromatic nitrogens is 1. The van der Waals surface area contributed by atoms with Crippen molar-refractivity contribution >= 4 is 21.6 Å². The van der Waals surface area contributed by atoms with Gasteiger partial charge in [-0.25, -0.2) is 18.1 Å². The molecule has 0 saturated carbocycles. The van der Waals surface area contributed by atoms with Gasteiger partial charge in [0.05, 0.1) is 30.7 Å². The van der Waals surface area contributed by atoms with Crippen molar-refractivity contribution in [2.24, 2.45) is 5.41 Å². The summed E-state index contributed by atoms with van der Waals surface area (Å²) in [6.07, 6.45) is 2.52. The van der Waals surface area contributed by atoms with Crippen molar-refractivity contribution in [1.29, 1.82) is 0 Å². The lowest BCUT2D eigenvalue weighted by atomic mass is 9.92. The van der Waals surface area contributed by atoms with Crippen molar-refractivity contribution in [1.82, 2.24) is 9.71 Å². The van der Waals surface area contributed by atoms with Crippen molar-refractivity contribution in [3.05, 3.63) is 18.3 Å². The van der Waals surface area contributed by atoms with E-state index in [1.165, 1.54) is 13.3 Å². The Bertz CT molecular complexity index is 567. The molecule has 112 valence electrons. The minimum Gasteiger partial charge on any atom is -0.481 e. The lowest BCUT2D eigenvalue weighted by Gasteiger charge is -2.23. The van der Waals surface area contributed by atoms with Crippen LogP contribution < -0.4 is 14.8 Å². The molecule has 0 atom stereocenters. The number of sulfonamides is 1. The molecule has 0 bridgehead atoms. The number of carbonyl (C=O) groups excluding carboxylic acids is 1. The van der Waals surface area contributed by atoms with Crippen LogP contribution in [-0.2, 0) is 14.8 Å². The standard InChI is InChI=1S/C12H19N3O4S/c1-12(2,8-14-20(4,17)18)11(16)15-9-5-6-10(19-3)13-7-9/h5-7,14H,8H2,1-4H3,(H,15,16). The van der Waals surface area contributed by atoms with E-state index >= 15 is 0 Å². The Balaban J connectivity index is 2.68. The van der Waals surface area contributed by atoms with Gasteiger partial charge in [-0.05, 0) is 19.9 Å². The van der Waals surface area contributed by atoms with Gasteiger partial charge in [0, 0.05) is 12.6 Å². The molecule has 7 nitrogen and oxygen atoms in total. The Morgan fingerprint density at radius 3 is 2.50 bits per heavy atom. The van der Waals surface area contributed by atoms with Crippen LogP contribution in [0.5, 0.6) is 5.88 Å². The zero-order valence-electron chi connectivity index (χ0n) is 11.9. The normalized spacial score (nSPS) is 12.0. The molecular weight excluding hydrogens is 282 g/mol. The average Bonchev–Trinajstić information content (AvgIpc) is 2.36. The molecule has 0 fully saturated rings. The van der Waals surface area contributed by atoms with Crippen molar-refractivity contribution in [2.45, 2.75) is 13.8 Å². The number of hydrogen-bond donors (Lipinski definition) is 2. The minimum atomic E-state index is -3.33. The van der Waals surface area contributed by atoms with E-state index < -0.39 is 15.4 Å². The Morgan fingerprint density at radius 2 is 2.05 bits per heavy atom. The van der Waals surface area contributed by atoms with E-state index in [1.807, 2.05) is 0 Å². The third-order valence-electron chi connectivity index (χ3n) is 2.59. The van der Waals surface area contributed by atoms with Crippen molar-refractivity contribution < 1.29 is 17.9 Å². The van der Waals surface area contributed by atoms with Crippen molar-refractivity contribution in [3.63, 3.8) is 0 Å². The lowest BCUT2D eigenvalue weighted by Crippen LogP contribution is -2.41. The molecule has 0 radical (unpaired) electrons. The number of nitrogens with zero attached hydrogens (tertiary/aromatic N) is 1. The van der Waals surface area contributed by atoms with Crippen LogP contribution in [0.2, 0.25) is 0 Å². The van der Waals surface area contributed by atoms with Crippen LogP contribution in [0, 0.1) is 5.41 Å². The predicted molar refractivity (Wildman–Crippen MR) is 76.0 cm³/mol. The monoisotopic (exact) mass is 301 g/mol. The molecule has 0 saturated heterocycles. The number of methoxy groups -OCH3 is 1. The minimum absolute atomic E-state index is 0.0151. The fourth-order valence-electron chi connectivity index (χ4n) is 1.27. The summed E-state index contributed by atoms with van der Waals surface area (Å²) in [4.78, 5) is 16.1. The Hall–Kier alpha value is -1.67. The van der Waals surface area contributed by atoms with Crippen LogP contribution in [0.15, 0.2) is 18.3 Å². The molecule has 1 amide bonds. The van der Waals surface area contributed by atoms with Gasteiger partial charge in [-0.15, -0.1) is 0 Å². The highest BCUT2D eigenvalue weighted by atomic mass is 32.2. The number of carbonyl (C=O) groups is 1. The molecule has 0 spiro atoms. The second-order valence-corrected chi connectivity index (χ2v) is 6.85. The molecule has 0 aliphatic carbocycles. The Labute approximate surface area is 118 Å². The molecule has 0 unspecified atom stereocenters. The molecule has 1 aromatic rings. The van der Waals surface area contributed by atoms with Gasteiger partial charge in [-0.3, -0.25) is 4.79 Å². The molecule has 1 heterocycles. The number of pyridine rings is 1. The topological polar surface area (TPSA) is 97.4 Å². The first kappa shape index (κ1) is 16.4. The largest absolute Gasteiger partial charge is 0.481 e. The summed E-state index contributed by atoms with van der Waals surface area (Å²) < 4.78 is 29.4. The first-order valence-electron chi connectivity index (χ1n) is 5.90. The molecule has 1 aromatic heterocycles. The van der Waals surface area contributed by atoms with Gasteiger partial charge in [-0.2, -0.15) is 0 Å². The van der Waals surface area contributed by atoms with Crippen LogP contribution in [0.25, 0.3) is 0 Å². The molecule has 0 aliphatic heterocycles. The van der Waals surface area contributed by atoms with Gasteiger partial charge >= 0.3 is 0 Å². The molecule has 1 rings (SSSR count). The van der Waals surface area contributed by atoms with Gasteiger partial charge in [0.15, 0.2) is 0 Å². The smallest absolute Gasteiger partial charge is 0.231 e. The summed E-state index contributed by atoms with van der Waals surface area (Å²) in [6.45, 7) is 3.32. The van der Waals surface area contributed by atoms with E-state index in [-0.39, 0.29) is 12.5 Å². The summed E-state index contributed by atoms with van der Waals surface area (Å²) >= 11 is 0. The summed E-state index contributed by atoms with van der Waals surface area (Å²) in [5.74, 6) is 0.140. The number of nitrogens with one attached hydrogen (secondary N) is 2. The maximum absolute atomic E-state index is 12.1. The molecular formula is C12H19N3O4S. The highest BCUT2D eigenvalue weighted by Crippen LogP contribution is 2.18. The first-order valence-corrected chi connectivity index (χ1v) is 7.79. The predicted octanol–water partition coefficient (Wildman–Crippen LogP) is 0.604. The van der Waals surface area contributed by atoms with Crippen LogP contribution in [-0.4, -0.2) is 39.2 Å².